The molecule has 0 aliphatic heterocycles. The van der Waals surface area contributed by atoms with Crippen LogP contribution in [0.5, 0.6) is 5.75 Å². The Hall–Kier alpha value is -2.62. The van der Waals surface area contributed by atoms with Crippen molar-refractivity contribution in [1.82, 2.24) is 0 Å². The predicted molar refractivity (Wildman–Crippen MR) is 91.8 cm³/mol. The fourth-order valence-corrected chi connectivity index (χ4v) is 2.62. The molecule has 0 bridgehead atoms. The molecule has 1 aromatic heterocycles. The first kappa shape index (κ1) is 16.2. The molecule has 0 radical (unpaired) electrons. The summed E-state index contributed by atoms with van der Waals surface area (Å²) in [7, 11) is 0. The van der Waals surface area contributed by atoms with Gasteiger partial charge in [0, 0.05) is 17.5 Å². The van der Waals surface area contributed by atoms with Crippen LogP contribution in [0.1, 0.15) is 30.9 Å². The van der Waals surface area contributed by atoms with E-state index in [0.717, 1.165) is 35.8 Å². The summed E-state index contributed by atoms with van der Waals surface area (Å²) in [4.78, 5) is 11.7. The number of halogens is 1. The van der Waals surface area contributed by atoms with Crippen LogP contribution < -0.4 is 10.4 Å². The van der Waals surface area contributed by atoms with Crippen molar-refractivity contribution >= 4 is 11.0 Å². The summed E-state index contributed by atoms with van der Waals surface area (Å²) < 4.78 is 23.9. The maximum atomic E-state index is 12.9. The second-order valence-corrected chi connectivity index (χ2v) is 5.77. The predicted octanol–water partition coefficient (Wildman–Crippen LogP) is 4.85. The highest BCUT2D eigenvalue weighted by Gasteiger charge is 2.07. The molecule has 124 valence electrons. The smallest absolute Gasteiger partial charge is 0.336 e. The van der Waals surface area contributed by atoms with Gasteiger partial charge in [0.2, 0.25) is 0 Å². The van der Waals surface area contributed by atoms with Gasteiger partial charge in [0.1, 0.15) is 23.8 Å². The molecule has 3 rings (SSSR count). The molecule has 0 atom stereocenters. The number of benzene rings is 2. The number of rotatable bonds is 6. The number of aryl methyl sites for hydroxylation is 1. The van der Waals surface area contributed by atoms with Crippen LogP contribution in [0, 0.1) is 5.82 Å². The summed E-state index contributed by atoms with van der Waals surface area (Å²) in [5.41, 5.74) is 2.07. The molecule has 4 heteroatoms. The van der Waals surface area contributed by atoms with Crippen molar-refractivity contribution in [2.24, 2.45) is 0 Å². The Morgan fingerprint density at radius 3 is 2.62 bits per heavy atom. The van der Waals surface area contributed by atoms with E-state index < -0.39 is 0 Å². The fourth-order valence-electron chi connectivity index (χ4n) is 2.62. The van der Waals surface area contributed by atoms with Gasteiger partial charge in [-0.2, -0.15) is 0 Å². The topological polar surface area (TPSA) is 39.4 Å². The zero-order chi connectivity index (χ0) is 16.9. The molecule has 0 spiro atoms. The monoisotopic (exact) mass is 326 g/mol. The van der Waals surface area contributed by atoms with E-state index in [0.29, 0.717) is 17.9 Å². The van der Waals surface area contributed by atoms with E-state index in [-0.39, 0.29) is 11.4 Å². The third-order valence-corrected chi connectivity index (χ3v) is 3.92. The van der Waals surface area contributed by atoms with Crippen LogP contribution in [0.2, 0.25) is 0 Å². The van der Waals surface area contributed by atoms with Gasteiger partial charge in [-0.3, -0.25) is 0 Å². The molecule has 3 aromatic rings. The van der Waals surface area contributed by atoms with E-state index in [1.165, 1.54) is 12.1 Å². The summed E-state index contributed by atoms with van der Waals surface area (Å²) in [6.07, 6.45) is 2.95. The number of ether oxygens (including phenoxy) is 1. The molecule has 0 amide bonds. The molecule has 2 aromatic carbocycles. The van der Waals surface area contributed by atoms with E-state index in [2.05, 4.69) is 6.92 Å². The zero-order valence-electron chi connectivity index (χ0n) is 13.5. The Kier molecular flexibility index (Phi) is 4.94. The number of fused-ring (bicyclic) bond motifs is 1. The van der Waals surface area contributed by atoms with Crippen LogP contribution in [0.3, 0.4) is 0 Å². The molecule has 0 saturated carbocycles. The van der Waals surface area contributed by atoms with Gasteiger partial charge in [-0.25, -0.2) is 9.18 Å². The third kappa shape index (κ3) is 3.82. The lowest BCUT2D eigenvalue weighted by Crippen LogP contribution is -2.01. The lowest BCUT2D eigenvalue weighted by atomic mass is 10.0. The standard InChI is InChI=1S/C20H19FO3/c1-2-3-4-15-11-20(22)24-19-12-17(9-10-18(15)19)23-13-14-5-7-16(21)8-6-14/h5-12H,2-4,13H2,1H3. The van der Waals surface area contributed by atoms with E-state index in [4.69, 9.17) is 9.15 Å². The maximum absolute atomic E-state index is 12.9. The minimum absolute atomic E-state index is 0.272. The van der Waals surface area contributed by atoms with Gasteiger partial charge < -0.3 is 9.15 Å². The largest absolute Gasteiger partial charge is 0.489 e. The minimum Gasteiger partial charge on any atom is -0.489 e. The Balaban J connectivity index is 1.82. The van der Waals surface area contributed by atoms with Crippen LogP contribution in [-0.2, 0) is 13.0 Å². The Morgan fingerprint density at radius 2 is 1.88 bits per heavy atom. The van der Waals surface area contributed by atoms with Crippen molar-refractivity contribution in [3.8, 4) is 5.75 Å². The van der Waals surface area contributed by atoms with Gasteiger partial charge >= 0.3 is 5.63 Å². The summed E-state index contributed by atoms with van der Waals surface area (Å²) in [6.45, 7) is 2.44. The average Bonchev–Trinajstić information content (AvgIpc) is 2.58. The molecule has 1 heterocycles. The highest BCUT2D eigenvalue weighted by atomic mass is 19.1. The molecular weight excluding hydrogens is 307 g/mol. The van der Waals surface area contributed by atoms with Crippen molar-refractivity contribution in [2.45, 2.75) is 32.8 Å². The fraction of sp³-hybridized carbons (Fsp3) is 0.250. The van der Waals surface area contributed by atoms with Crippen molar-refractivity contribution < 1.29 is 13.5 Å². The summed E-state index contributed by atoms with van der Waals surface area (Å²) in [5, 5.41) is 0.942. The summed E-state index contributed by atoms with van der Waals surface area (Å²) >= 11 is 0. The summed E-state index contributed by atoms with van der Waals surface area (Å²) in [5.74, 6) is 0.341. The van der Waals surface area contributed by atoms with E-state index in [1.54, 1.807) is 24.3 Å². The Morgan fingerprint density at radius 1 is 1.08 bits per heavy atom. The highest BCUT2D eigenvalue weighted by molar-refractivity contribution is 5.81. The van der Waals surface area contributed by atoms with Gasteiger partial charge in [0.15, 0.2) is 0 Å². The first-order valence-electron chi connectivity index (χ1n) is 8.10. The van der Waals surface area contributed by atoms with Crippen molar-refractivity contribution in [3.63, 3.8) is 0 Å². The number of hydrogen-bond acceptors (Lipinski definition) is 3. The van der Waals surface area contributed by atoms with Gasteiger partial charge in [-0.15, -0.1) is 0 Å². The molecular formula is C20H19FO3. The molecule has 0 unspecified atom stereocenters. The molecule has 24 heavy (non-hydrogen) atoms. The lowest BCUT2D eigenvalue weighted by Gasteiger charge is -2.09. The van der Waals surface area contributed by atoms with Crippen LogP contribution in [-0.4, -0.2) is 0 Å². The quantitative estimate of drug-likeness (QED) is 0.608. The zero-order valence-corrected chi connectivity index (χ0v) is 13.5. The van der Waals surface area contributed by atoms with Gasteiger partial charge in [0.25, 0.3) is 0 Å². The number of unbranched alkanes of at least 4 members (excludes halogenated alkanes) is 1. The number of hydrogen-bond donors (Lipinski definition) is 0. The molecule has 0 saturated heterocycles. The minimum atomic E-state index is -0.343. The third-order valence-electron chi connectivity index (χ3n) is 3.92. The van der Waals surface area contributed by atoms with Crippen LogP contribution in [0.25, 0.3) is 11.0 Å². The SMILES string of the molecule is CCCCc1cc(=O)oc2cc(OCc3ccc(F)cc3)ccc12. The van der Waals surface area contributed by atoms with E-state index in [1.807, 2.05) is 12.1 Å². The Bertz CT molecular complexity index is 882. The Labute approximate surface area is 139 Å². The van der Waals surface area contributed by atoms with Crippen molar-refractivity contribution in [2.75, 3.05) is 0 Å². The van der Waals surface area contributed by atoms with E-state index >= 15 is 0 Å². The highest BCUT2D eigenvalue weighted by Crippen LogP contribution is 2.24. The molecule has 0 aliphatic carbocycles. The van der Waals surface area contributed by atoms with Gasteiger partial charge in [0.05, 0.1) is 0 Å². The lowest BCUT2D eigenvalue weighted by molar-refractivity contribution is 0.306. The van der Waals surface area contributed by atoms with Crippen LogP contribution >= 0.6 is 0 Å². The van der Waals surface area contributed by atoms with E-state index in [9.17, 15) is 9.18 Å². The summed E-state index contributed by atoms with van der Waals surface area (Å²) in [6, 6.07) is 13.2. The normalized spacial score (nSPS) is 10.9. The average molecular weight is 326 g/mol. The van der Waals surface area contributed by atoms with Gasteiger partial charge in [-0.05, 0) is 48.2 Å². The van der Waals surface area contributed by atoms with Gasteiger partial charge in [-0.1, -0.05) is 25.5 Å². The maximum Gasteiger partial charge on any atom is 0.336 e. The molecule has 0 fully saturated rings. The molecule has 0 aliphatic rings. The van der Waals surface area contributed by atoms with Crippen molar-refractivity contribution in [3.05, 3.63) is 75.9 Å². The molecule has 3 nitrogen and oxygen atoms in total. The second kappa shape index (κ2) is 7.30. The van der Waals surface area contributed by atoms with Crippen LogP contribution in [0.4, 0.5) is 4.39 Å². The van der Waals surface area contributed by atoms with Crippen molar-refractivity contribution in [1.29, 1.82) is 0 Å². The van der Waals surface area contributed by atoms with Crippen LogP contribution in [0.15, 0.2) is 57.7 Å². The first-order valence-corrected chi connectivity index (χ1v) is 8.10. The second-order valence-electron chi connectivity index (χ2n) is 5.77. The molecule has 0 N–H and O–H groups in total. The first-order chi connectivity index (χ1) is 11.7.